The van der Waals surface area contributed by atoms with E-state index in [2.05, 4.69) is 15.3 Å². The molecule has 0 atom stereocenters. The minimum absolute atomic E-state index is 0.138. The highest BCUT2D eigenvalue weighted by Crippen LogP contribution is 2.29. The predicted molar refractivity (Wildman–Crippen MR) is 82.1 cm³/mol. The number of likely N-dealkylation sites (tertiary alicyclic amines) is 1. The number of aromatic nitrogens is 2. The lowest BCUT2D eigenvalue weighted by molar-refractivity contribution is -0.121. The highest BCUT2D eigenvalue weighted by molar-refractivity contribution is 5.79. The number of hydrogen-bond donors (Lipinski definition) is 1. The van der Waals surface area contributed by atoms with Gasteiger partial charge < -0.3 is 10.2 Å². The SMILES string of the molecule is Cc1nn(C)c(C)c1CC(=O)NC1CCN(C2CC2)CC1. The fourth-order valence-electron chi connectivity index (χ4n) is 3.36. The summed E-state index contributed by atoms with van der Waals surface area (Å²) in [6.07, 6.45) is 5.38. The Bertz CT molecular complexity index is 525. The number of piperidine rings is 1. The minimum atomic E-state index is 0.138. The summed E-state index contributed by atoms with van der Waals surface area (Å²) in [4.78, 5) is 14.8. The summed E-state index contributed by atoms with van der Waals surface area (Å²) in [7, 11) is 1.93. The van der Waals surface area contributed by atoms with Crippen LogP contribution in [0.25, 0.3) is 0 Å². The summed E-state index contributed by atoms with van der Waals surface area (Å²) < 4.78 is 1.85. The van der Waals surface area contributed by atoms with Crippen LogP contribution in [0.5, 0.6) is 0 Å². The van der Waals surface area contributed by atoms with E-state index in [9.17, 15) is 4.79 Å². The van der Waals surface area contributed by atoms with Gasteiger partial charge in [0.25, 0.3) is 0 Å². The van der Waals surface area contributed by atoms with E-state index >= 15 is 0 Å². The van der Waals surface area contributed by atoms with Crippen molar-refractivity contribution >= 4 is 5.91 Å². The van der Waals surface area contributed by atoms with Gasteiger partial charge in [0, 0.05) is 43.5 Å². The molecule has 0 aromatic carbocycles. The monoisotopic (exact) mass is 290 g/mol. The maximum absolute atomic E-state index is 12.3. The Hall–Kier alpha value is -1.36. The van der Waals surface area contributed by atoms with Gasteiger partial charge in [0.2, 0.25) is 5.91 Å². The van der Waals surface area contributed by atoms with Gasteiger partial charge in [-0.3, -0.25) is 9.48 Å². The van der Waals surface area contributed by atoms with Crippen LogP contribution in [-0.2, 0) is 18.3 Å². The van der Waals surface area contributed by atoms with Gasteiger partial charge in [-0.2, -0.15) is 5.10 Å². The third-order valence-electron chi connectivity index (χ3n) is 4.95. The summed E-state index contributed by atoms with van der Waals surface area (Å²) in [5, 5.41) is 7.59. The Morgan fingerprint density at radius 1 is 1.24 bits per heavy atom. The van der Waals surface area contributed by atoms with Crippen molar-refractivity contribution in [2.45, 2.75) is 58.0 Å². The molecule has 1 saturated heterocycles. The molecule has 1 aromatic rings. The van der Waals surface area contributed by atoms with Crippen LogP contribution in [0.2, 0.25) is 0 Å². The Morgan fingerprint density at radius 3 is 2.43 bits per heavy atom. The number of aryl methyl sites for hydroxylation is 2. The van der Waals surface area contributed by atoms with E-state index in [1.165, 1.54) is 12.8 Å². The second-order valence-corrected chi connectivity index (χ2v) is 6.56. The zero-order valence-electron chi connectivity index (χ0n) is 13.4. The topological polar surface area (TPSA) is 50.2 Å². The lowest BCUT2D eigenvalue weighted by atomic mass is 10.0. The van der Waals surface area contributed by atoms with Crippen LogP contribution in [0.3, 0.4) is 0 Å². The molecule has 1 aromatic heterocycles. The fraction of sp³-hybridized carbons (Fsp3) is 0.750. The molecule has 1 N–H and O–H groups in total. The molecule has 5 heteroatoms. The van der Waals surface area contributed by atoms with Crippen LogP contribution in [0.1, 0.15) is 42.6 Å². The average Bonchev–Trinajstić information content (AvgIpc) is 3.25. The third kappa shape index (κ3) is 3.28. The van der Waals surface area contributed by atoms with Crippen LogP contribution in [0.4, 0.5) is 0 Å². The molecule has 0 spiro atoms. The van der Waals surface area contributed by atoms with Gasteiger partial charge >= 0.3 is 0 Å². The molecule has 0 unspecified atom stereocenters. The predicted octanol–water partition coefficient (Wildman–Crippen LogP) is 1.32. The van der Waals surface area contributed by atoms with E-state index < -0.39 is 0 Å². The standard InChI is InChI=1S/C16H26N4O/c1-11-15(12(2)19(3)18-11)10-16(21)17-13-6-8-20(9-7-13)14-4-5-14/h13-14H,4-10H2,1-3H3,(H,17,21). The molecule has 0 bridgehead atoms. The van der Waals surface area contributed by atoms with Gasteiger partial charge in [0.1, 0.15) is 0 Å². The van der Waals surface area contributed by atoms with Crippen molar-refractivity contribution in [3.05, 3.63) is 17.0 Å². The summed E-state index contributed by atoms with van der Waals surface area (Å²) in [5.41, 5.74) is 3.13. The largest absolute Gasteiger partial charge is 0.353 e. The van der Waals surface area contributed by atoms with Gasteiger partial charge in [0.15, 0.2) is 0 Å². The van der Waals surface area contributed by atoms with E-state index in [1.54, 1.807) is 0 Å². The first kappa shape index (κ1) is 14.6. The van der Waals surface area contributed by atoms with E-state index in [4.69, 9.17) is 0 Å². The number of carbonyl (C=O) groups is 1. The van der Waals surface area contributed by atoms with Crippen molar-refractivity contribution in [2.75, 3.05) is 13.1 Å². The minimum Gasteiger partial charge on any atom is -0.353 e. The smallest absolute Gasteiger partial charge is 0.224 e. The first-order valence-corrected chi connectivity index (χ1v) is 8.07. The lowest BCUT2D eigenvalue weighted by Crippen LogP contribution is -2.45. The first-order valence-electron chi connectivity index (χ1n) is 8.07. The molecule has 21 heavy (non-hydrogen) atoms. The molecular formula is C16H26N4O. The highest BCUT2D eigenvalue weighted by atomic mass is 16.1. The molecule has 1 amide bonds. The number of hydrogen-bond acceptors (Lipinski definition) is 3. The lowest BCUT2D eigenvalue weighted by Gasteiger charge is -2.32. The average molecular weight is 290 g/mol. The number of nitrogens with one attached hydrogen (secondary N) is 1. The third-order valence-corrected chi connectivity index (χ3v) is 4.95. The molecule has 2 heterocycles. The Balaban J connectivity index is 1.50. The molecule has 0 radical (unpaired) electrons. The van der Waals surface area contributed by atoms with Gasteiger partial charge in [0.05, 0.1) is 12.1 Å². The van der Waals surface area contributed by atoms with E-state index in [1.807, 2.05) is 25.6 Å². The van der Waals surface area contributed by atoms with Crippen LogP contribution in [-0.4, -0.2) is 45.8 Å². The number of rotatable bonds is 4. The molecule has 5 nitrogen and oxygen atoms in total. The van der Waals surface area contributed by atoms with Gasteiger partial charge in [-0.25, -0.2) is 0 Å². The second kappa shape index (κ2) is 5.79. The summed E-state index contributed by atoms with van der Waals surface area (Å²) >= 11 is 0. The van der Waals surface area contributed by atoms with Crippen molar-refractivity contribution in [1.82, 2.24) is 20.0 Å². The molecule has 1 aliphatic carbocycles. The maximum atomic E-state index is 12.3. The van der Waals surface area contributed by atoms with Crippen molar-refractivity contribution in [3.8, 4) is 0 Å². The summed E-state index contributed by atoms with van der Waals surface area (Å²) in [6, 6.07) is 1.20. The molecule has 2 aliphatic rings. The normalized spacial score (nSPS) is 20.7. The summed E-state index contributed by atoms with van der Waals surface area (Å²) in [6.45, 7) is 6.28. The van der Waals surface area contributed by atoms with Gasteiger partial charge in [-0.1, -0.05) is 0 Å². The maximum Gasteiger partial charge on any atom is 0.224 e. The number of nitrogens with zero attached hydrogens (tertiary/aromatic N) is 3. The molecule has 1 aliphatic heterocycles. The van der Waals surface area contributed by atoms with Crippen molar-refractivity contribution in [1.29, 1.82) is 0 Å². The number of carbonyl (C=O) groups excluding carboxylic acids is 1. The fourth-order valence-corrected chi connectivity index (χ4v) is 3.36. The summed E-state index contributed by atoms with van der Waals surface area (Å²) in [5.74, 6) is 0.138. The molecule has 2 fully saturated rings. The zero-order chi connectivity index (χ0) is 15.0. The molecule has 1 saturated carbocycles. The van der Waals surface area contributed by atoms with Crippen LogP contribution >= 0.6 is 0 Å². The Morgan fingerprint density at radius 2 is 1.90 bits per heavy atom. The molecule has 116 valence electrons. The van der Waals surface area contributed by atoms with Crippen LogP contribution < -0.4 is 5.32 Å². The van der Waals surface area contributed by atoms with E-state index in [-0.39, 0.29) is 5.91 Å². The van der Waals surface area contributed by atoms with Crippen molar-refractivity contribution in [2.24, 2.45) is 7.05 Å². The molecule has 3 rings (SSSR count). The van der Waals surface area contributed by atoms with Gasteiger partial charge in [-0.05, 0) is 39.5 Å². The van der Waals surface area contributed by atoms with Crippen LogP contribution in [0, 0.1) is 13.8 Å². The van der Waals surface area contributed by atoms with Gasteiger partial charge in [-0.15, -0.1) is 0 Å². The first-order chi connectivity index (χ1) is 10.0. The quantitative estimate of drug-likeness (QED) is 0.910. The number of amides is 1. The van der Waals surface area contributed by atoms with Crippen LogP contribution in [0.15, 0.2) is 0 Å². The highest BCUT2D eigenvalue weighted by Gasteiger charge is 2.32. The van der Waals surface area contributed by atoms with E-state index in [0.717, 1.165) is 48.9 Å². The zero-order valence-corrected chi connectivity index (χ0v) is 13.4. The molecular weight excluding hydrogens is 264 g/mol. The van der Waals surface area contributed by atoms with Crippen molar-refractivity contribution < 1.29 is 4.79 Å². The van der Waals surface area contributed by atoms with E-state index in [0.29, 0.717) is 12.5 Å². The Kier molecular flexibility index (Phi) is 4.02. The van der Waals surface area contributed by atoms with Crippen molar-refractivity contribution in [3.63, 3.8) is 0 Å². The second-order valence-electron chi connectivity index (χ2n) is 6.56. The Labute approximate surface area is 126 Å².